The molecule has 3 heteroatoms. The quantitative estimate of drug-likeness (QED) is 0.666. The van der Waals surface area contributed by atoms with Crippen LogP contribution in [0.3, 0.4) is 0 Å². The van der Waals surface area contributed by atoms with Crippen LogP contribution in [-0.2, 0) is 14.9 Å². The number of esters is 1. The number of allylic oxidation sites excluding steroid dienone is 1. The third-order valence-corrected chi connectivity index (χ3v) is 3.80. The molecule has 0 bridgehead atoms. The van der Waals surface area contributed by atoms with Crippen LogP contribution in [-0.4, -0.2) is 25.7 Å². The van der Waals surface area contributed by atoms with Crippen molar-refractivity contribution < 1.29 is 9.53 Å². The van der Waals surface area contributed by atoms with Gasteiger partial charge >= 0.3 is 5.97 Å². The minimum atomic E-state index is -0.610. The van der Waals surface area contributed by atoms with Crippen LogP contribution in [0, 0.1) is 0 Å². The molecule has 1 N–H and O–H groups in total. The van der Waals surface area contributed by atoms with Crippen molar-refractivity contribution in [3.8, 4) is 0 Å². The average molecular weight is 259 g/mol. The largest absolute Gasteiger partial charge is 0.465 e. The number of carbonyl (C=O) groups excluding carboxylic acids is 1. The molecule has 2 rings (SSSR count). The van der Waals surface area contributed by atoms with Gasteiger partial charge < -0.3 is 10.1 Å². The summed E-state index contributed by atoms with van der Waals surface area (Å²) in [5.41, 5.74) is 0.415. The lowest BCUT2D eigenvalue weighted by molar-refractivity contribution is -0.151. The molecule has 1 aromatic rings. The second kappa shape index (κ2) is 6.02. The van der Waals surface area contributed by atoms with Gasteiger partial charge in [0.1, 0.15) is 5.41 Å². The van der Waals surface area contributed by atoms with E-state index in [9.17, 15) is 4.79 Å². The lowest BCUT2D eigenvalue weighted by atomic mass is 9.68. The van der Waals surface area contributed by atoms with Gasteiger partial charge in [-0.3, -0.25) is 4.79 Å². The maximum Gasteiger partial charge on any atom is 0.318 e. The summed E-state index contributed by atoms with van der Waals surface area (Å²) < 4.78 is 5.36. The van der Waals surface area contributed by atoms with Crippen LogP contribution in [0.25, 0.3) is 0 Å². The Labute approximate surface area is 114 Å². The molecule has 2 atom stereocenters. The Balaban J connectivity index is 2.49. The smallest absolute Gasteiger partial charge is 0.318 e. The second-order valence-electron chi connectivity index (χ2n) is 4.79. The van der Waals surface area contributed by atoms with Gasteiger partial charge in [0.25, 0.3) is 0 Å². The van der Waals surface area contributed by atoms with E-state index in [0.29, 0.717) is 6.61 Å². The molecule has 0 fully saturated rings. The number of hydrogen-bond acceptors (Lipinski definition) is 3. The van der Waals surface area contributed by atoms with Crippen molar-refractivity contribution in [2.75, 3.05) is 13.7 Å². The zero-order valence-corrected chi connectivity index (χ0v) is 11.6. The number of hydrogen-bond donors (Lipinski definition) is 1. The number of nitrogens with one attached hydrogen (secondary N) is 1. The standard InChI is InChI=1S/C16H21NO2/c1-3-19-15(18)16(13-9-5-4-6-10-13)12-8-7-11-14(16)17-2/h4-7,9-11,14,17H,3,8,12H2,1-2H3/t14-,16-/m1/s1. The first-order valence-corrected chi connectivity index (χ1v) is 6.82. The summed E-state index contributed by atoms with van der Waals surface area (Å²) in [6, 6.07) is 9.92. The molecule has 0 amide bonds. The van der Waals surface area contributed by atoms with E-state index >= 15 is 0 Å². The third kappa shape index (κ3) is 2.43. The van der Waals surface area contributed by atoms with Gasteiger partial charge in [0.15, 0.2) is 0 Å². The van der Waals surface area contributed by atoms with Crippen LogP contribution >= 0.6 is 0 Å². The van der Waals surface area contributed by atoms with Gasteiger partial charge in [-0.25, -0.2) is 0 Å². The van der Waals surface area contributed by atoms with E-state index in [4.69, 9.17) is 4.74 Å². The van der Waals surface area contributed by atoms with Crippen molar-refractivity contribution in [1.82, 2.24) is 5.32 Å². The van der Waals surface area contributed by atoms with Crippen molar-refractivity contribution in [3.05, 3.63) is 48.0 Å². The van der Waals surface area contributed by atoms with Gasteiger partial charge in [-0.15, -0.1) is 0 Å². The monoisotopic (exact) mass is 259 g/mol. The maximum absolute atomic E-state index is 12.6. The van der Waals surface area contributed by atoms with Crippen molar-refractivity contribution >= 4 is 5.97 Å². The molecule has 0 saturated heterocycles. The lowest BCUT2D eigenvalue weighted by Crippen LogP contribution is -2.53. The molecule has 19 heavy (non-hydrogen) atoms. The van der Waals surface area contributed by atoms with Crippen molar-refractivity contribution in [2.24, 2.45) is 0 Å². The highest BCUT2D eigenvalue weighted by Gasteiger charge is 2.47. The fraction of sp³-hybridized carbons (Fsp3) is 0.438. The van der Waals surface area contributed by atoms with E-state index in [1.165, 1.54) is 0 Å². The van der Waals surface area contributed by atoms with E-state index in [1.807, 2.05) is 44.3 Å². The Morgan fingerprint density at radius 1 is 1.42 bits per heavy atom. The SMILES string of the molecule is CCOC(=O)[C@@]1(c2ccccc2)CCC=C[C@H]1NC. The summed E-state index contributed by atoms with van der Waals surface area (Å²) in [7, 11) is 1.89. The molecule has 0 spiro atoms. The number of likely N-dealkylation sites (N-methyl/N-ethyl adjacent to an activating group) is 1. The summed E-state index contributed by atoms with van der Waals surface area (Å²) in [5.74, 6) is -0.134. The highest BCUT2D eigenvalue weighted by molar-refractivity contribution is 5.85. The maximum atomic E-state index is 12.6. The Bertz CT molecular complexity index is 455. The summed E-state index contributed by atoms with van der Waals surface area (Å²) in [6.45, 7) is 2.26. The molecule has 0 aromatic heterocycles. The van der Waals surface area contributed by atoms with Crippen LogP contribution < -0.4 is 5.32 Å². The Hall–Kier alpha value is -1.61. The van der Waals surface area contributed by atoms with Gasteiger partial charge in [0.05, 0.1) is 6.61 Å². The minimum Gasteiger partial charge on any atom is -0.465 e. The predicted molar refractivity (Wildman–Crippen MR) is 76.0 cm³/mol. The summed E-state index contributed by atoms with van der Waals surface area (Å²) >= 11 is 0. The van der Waals surface area contributed by atoms with Gasteiger partial charge in [0.2, 0.25) is 0 Å². The van der Waals surface area contributed by atoms with E-state index in [2.05, 4.69) is 17.5 Å². The number of ether oxygens (including phenoxy) is 1. The van der Waals surface area contributed by atoms with Gasteiger partial charge in [0, 0.05) is 6.04 Å². The van der Waals surface area contributed by atoms with Gasteiger partial charge in [-0.2, -0.15) is 0 Å². The van der Waals surface area contributed by atoms with Crippen molar-refractivity contribution in [1.29, 1.82) is 0 Å². The predicted octanol–water partition coefficient (Wildman–Crippen LogP) is 2.43. The molecule has 3 nitrogen and oxygen atoms in total. The van der Waals surface area contributed by atoms with Gasteiger partial charge in [-0.1, -0.05) is 42.5 Å². The van der Waals surface area contributed by atoms with Crippen molar-refractivity contribution in [3.63, 3.8) is 0 Å². The lowest BCUT2D eigenvalue weighted by Gasteiger charge is -2.39. The molecule has 102 valence electrons. The van der Waals surface area contributed by atoms with Crippen LogP contribution in [0.5, 0.6) is 0 Å². The van der Waals surface area contributed by atoms with Crippen LogP contribution in [0.15, 0.2) is 42.5 Å². The molecular weight excluding hydrogens is 238 g/mol. The Morgan fingerprint density at radius 3 is 2.79 bits per heavy atom. The molecule has 0 saturated carbocycles. The van der Waals surface area contributed by atoms with Gasteiger partial charge in [-0.05, 0) is 32.4 Å². The second-order valence-corrected chi connectivity index (χ2v) is 4.79. The summed E-state index contributed by atoms with van der Waals surface area (Å²) in [4.78, 5) is 12.6. The molecule has 0 unspecified atom stereocenters. The first-order chi connectivity index (χ1) is 9.25. The number of rotatable bonds is 4. The average Bonchev–Trinajstić information content (AvgIpc) is 2.48. The molecule has 0 aliphatic heterocycles. The Morgan fingerprint density at radius 2 is 2.16 bits per heavy atom. The fourth-order valence-electron chi connectivity index (χ4n) is 2.87. The zero-order chi connectivity index (χ0) is 13.7. The molecule has 1 aromatic carbocycles. The highest BCUT2D eigenvalue weighted by Crippen LogP contribution is 2.38. The zero-order valence-electron chi connectivity index (χ0n) is 11.6. The first-order valence-electron chi connectivity index (χ1n) is 6.82. The van der Waals surface area contributed by atoms with Crippen molar-refractivity contribution in [2.45, 2.75) is 31.2 Å². The minimum absolute atomic E-state index is 0.0253. The first kappa shape index (κ1) is 13.8. The van der Waals surface area contributed by atoms with E-state index in [-0.39, 0.29) is 12.0 Å². The van der Waals surface area contributed by atoms with E-state index in [1.54, 1.807) is 0 Å². The highest BCUT2D eigenvalue weighted by atomic mass is 16.5. The van der Waals surface area contributed by atoms with Crippen LogP contribution in [0.1, 0.15) is 25.3 Å². The molecule has 0 radical (unpaired) electrons. The topological polar surface area (TPSA) is 38.3 Å². The van der Waals surface area contributed by atoms with Crippen LogP contribution in [0.2, 0.25) is 0 Å². The molecular formula is C16H21NO2. The summed E-state index contributed by atoms with van der Waals surface area (Å²) in [6.07, 6.45) is 5.87. The number of benzene rings is 1. The van der Waals surface area contributed by atoms with E-state index in [0.717, 1.165) is 18.4 Å². The molecule has 1 aliphatic carbocycles. The fourth-order valence-corrected chi connectivity index (χ4v) is 2.87. The number of carbonyl (C=O) groups is 1. The molecule has 1 aliphatic rings. The molecule has 0 heterocycles. The normalized spacial score (nSPS) is 26.1. The Kier molecular flexibility index (Phi) is 4.38. The third-order valence-electron chi connectivity index (χ3n) is 3.80. The summed E-state index contributed by atoms with van der Waals surface area (Å²) in [5, 5.41) is 3.24. The van der Waals surface area contributed by atoms with Crippen LogP contribution in [0.4, 0.5) is 0 Å². The van der Waals surface area contributed by atoms with E-state index < -0.39 is 5.41 Å².